The van der Waals surface area contributed by atoms with Crippen molar-refractivity contribution in [2.75, 3.05) is 26.2 Å². The maximum atomic E-state index is 13.0. The zero-order valence-electron chi connectivity index (χ0n) is 19.7. The maximum Gasteiger partial charge on any atom is 0.260 e. The Kier molecular flexibility index (Phi) is 9.40. The minimum atomic E-state index is -3.93. The molecule has 1 saturated heterocycles. The van der Waals surface area contributed by atoms with Crippen molar-refractivity contribution in [2.45, 2.75) is 38.6 Å². The van der Waals surface area contributed by atoms with Gasteiger partial charge < -0.3 is 9.64 Å². The van der Waals surface area contributed by atoms with Crippen molar-refractivity contribution < 1.29 is 22.7 Å². The second-order valence-electron chi connectivity index (χ2n) is 8.47. The SMILES string of the molecule is CCC1CN(Cc2ccc(Cl)cc2)CCN1C(=O)COc1ccc(Cl)cc1CS(=O)(=O)NC(C)=O. The number of hydrogen-bond donors (Lipinski definition) is 1. The Morgan fingerprint density at radius 1 is 1.09 bits per heavy atom. The van der Waals surface area contributed by atoms with Crippen LogP contribution >= 0.6 is 23.2 Å². The van der Waals surface area contributed by atoms with Gasteiger partial charge in [-0.05, 0) is 42.3 Å². The molecule has 2 amide bonds. The van der Waals surface area contributed by atoms with Gasteiger partial charge in [-0.2, -0.15) is 0 Å². The lowest BCUT2D eigenvalue weighted by atomic mass is 10.1. The summed E-state index contributed by atoms with van der Waals surface area (Å²) >= 11 is 12.0. The van der Waals surface area contributed by atoms with Crippen LogP contribution in [0.3, 0.4) is 0 Å². The molecule has 0 spiro atoms. The molecule has 1 aliphatic rings. The molecule has 1 unspecified atom stereocenters. The van der Waals surface area contributed by atoms with E-state index in [2.05, 4.69) is 4.90 Å². The average molecular weight is 542 g/mol. The monoisotopic (exact) mass is 541 g/mol. The Balaban J connectivity index is 1.62. The number of halogens is 2. The number of nitrogens with one attached hydrogen (secondary N) is 1. The number of carbonyl (C=O) groups excluding carboxylic acids is 2. The highest BCUT2D eigenvalue weighted by molar-refractivity contribution is 7.89. The standard InChI is InChI=1S/C24H29Cl2N3O5S/c1-3-22-14-28(13-18-4-6-20(25)7-5-18)10-11-29(22)24(31)15-34-23-9-8-21(26)12-19(23)16-35(32,33)27-17(2)30/h4-9,12,22H,3,10-11,13-16H2,1-2H3,(H,27,30). The van der Waals surface area contributed by atoms with Gasteiger partial charge in [-0.3, -0.25) is 19.2 Å². The maximum absolute atomic E-state index is 13.0. The van der Waals surface area contributed by atoms with Crippen LogP contribution < -0.4 is 9.46 Å². The van der Waals surface area contributed by atoms with Crippen molar-refractivity contribution in [2.24, 2.45) is 0 Å². The summed E-state index contributed by atoms with van der Waals surface area (Å²) in [6.07, 6.45) is 0.796. The summed E-state index contributed by atoms with van der Waals surface area (Å²) in [6.45, 7) is 5.75. The van der Waals surface area contributed by atoms with Crippen LogP contribution in [0.25, 0.3) is 0 Å². The highest BCUT2D eigenvalue weighted by Gasteiger charge is 2.29. The highest BCUT2D eigenvalue weighted by Crippen LogP contribution is 2.25. The molecule has 1 atom stereocenters. The quantitative estimate of drug-likeness (QED) is 0.522. The number of ether oxygens (including phenoxy) is 1. The fourth-order valence-electron chi connectivity index (χ4n) is 4.07. The number of amides is 2. The molecule has 2 aromatic carbocycles. The molecule has 3 rings (SSSR count). The number of piperazine rings is 1. The van der Waals surface area contributed by atoms with Crippen molar-refractivity contribution >= 4 is 45.0 Å². The van der Waals surface area contributed by atoms with E-state index in [0.29, 0.717) is 16.6 Å². The number of hydrogen-bond acceptors (Lipinski definition) is 6. The van der Waals surface area contributed by atoms with E-state index in [1.54, 1.807) is 6.07 Å². The fraction of sp³-hybridized carbons (Fsp3) is 0.417. The molecule has 1 heterocycles. The summed E-state index contributed by atoms with van der Waals surface area (Å²) in [5, 5.41) is 1.02. The van der Waals surface area contributed by atoms with Crippen molar-refractivity contribution in [1.82, 2.24) is 14.5 Å². The van der Waals surface area contributed by atoms with Gasteiger partial charge in [0.15, 0.2) is 6.61 Å². The summed E-state index contributed by atoms with van der Waals surface area (Å²) in [4.78, 5) is 28.3. The molecule has 11 heteroatoms. The van der Waals surface area contributed by atoms with E-state index in [9.17, 15) is 18.0 Å². The zero-order chi connectivity index (χ0) is 25.6. The van der Waals surface area contributed by atoms with Gasteiger partial charge >= 0.3 is 0 Å². The number of rotatable bonds is 9. The topological polar surface area (TPSA) is 96.0 Å². The van der Waals surface area contributed by atoms with Crippen molar-refractivity contribution in [1.29, 1.82) is 0 Å². The van der Waals surface area contributed by atoms with Gasteiger partial charge in [0.05, 0.1) is 5.75 Å². The molecule has 0 saturated carbocycles. The summed E-state index contributed by atoms with van der Waals surface area (Å²) in [7, 11) is -3.93. The van der Waals surface area contributed by atoms with E-state index in [0.717, 1.165) is 38.5 Å². The van der Waals surface area contributed by atoms with E-state index in [4.69, 9.17) is 27.9 Å². The normalized spacial score (nSPS) is 16.7. The van der Waals surface area contributed by atoms with Gasteiger partial charge in [0.2, 0.25) is 15.9 Å². The Hall–Kier alpha value is -2.33. The molecule has 1 fully saturated rings. The van der Waals surface area contributed by atoms with Crippen LogP contribution in [0.4, 0.5) is 0 Å². The first-order chi connectivity index (χ1) is 16.6. The van der Waals surface area contributed by atoms with Crippen LogP contribution in [-0.2, 0) is 31.9 Å². The molecule has 0 aliphatic carbocycles. The molecule has 2 aromatic rings. The van der Waals surface area contributed by atoms with Crippen LogP contribution in [0.2, 0.25) is 10.0 Å². The average Bonchev–Trinajstić information content (AvgIpc) is 2.78. The third-order valence-corrected chi connectivity index (χ3v) is 7.47. The molecule has 0 aromatic heterocycles. The van der Waals surface area contributed by atoms with Crippen LogP contribution in [0.1, 0.15) is 31.4 Å². The van der Waals surface area contributed by atoms with Gasteiger partial charge in [-0.15, -0.1) is 0 Å². The second-order valence-corrected chi connectivity index (χ2v) is 11.1. The lowest BCUT2D eigenvalue weighted by Crippen LogP contribution is -2.55. The van der Waals surface area contributed by atoms with Gasteiger partial charge in [-0.1, -0.05) is 42.3 Å². The molecule has 190 valence electrons. The van der Waals surface area contributed by atoms with Crippen molar-refractivity contribution in [3.8, 4) is 5.75 Å². The van der Waals surface area contributed by atoms with Crippen LogP contribution in [0.15, 0.2) is 42.5 Å². The van der Waals surface area contributed by atoms with Crippen LogP contribution in [0.5, 0.6) is 5.75 Å². The van der Waals surface area contributed by atoms with Crippen LogP contribution in [-0.4, -0.2) is 62.3 Å². The molecule has 1 aliphatic heterocycles. The smallest absolute Gasteiger partial charge is 0.260 e. The van der Waals surface area contributed by atoms with Crippen LogP contribution in [0, 0.1) is 0 Å². The summed E-state index contributed by atoms with van der Waals surface area (Å²) in [5.41, 5.74) is 1.43. The van der Waals surface area contributed by atoms with E-state index in [-0.39, 0.29) is 29.9 Å². The minimum absolute atomic E-state index is 0.0389. The molecule has 0 radical (unpaired) electrons. The molecular weight excluding hydrogens is 513 g/mol. The number of sulfonamides is 1. The minimum Gasteiger partial charge on any atom is -0.483 e. The van der Waals surface area contributed by atoms with E-state index in [1.807, 2.05) is 40.8 Å². The Morgan fingerprint density at radius 2 is 1.77 bits per heavy atom. The summed E-state index contributed by atoms with van der Waals surface area (Å²) in [6, 6.07) is 12.3. The lowest BCUT2D eigenvalue weighted by molar-refractivity contribution is -0.138. The Bertz CT molecular complexity index is 1160. The molecule has 1 N–H and O–H groups in total. The van der Waals surface area contributed by atoms with E-state index < -0.39 is 21.7 Å². The Morgan fingerprint density at radius 3 is 2.43 bits per heavy atom. The summed E-state index contributed by atoms with van der Waals surface area (Å²) < 4.78 is 32.1. The van der Waals surface area contributed by atoms with Gasteiger partial charge in [-0.25, -0.2) is 8.42 Å². The predicted molar refractivity (Wildman–Crippen MR) is 136 cm³/mol. The highest BCUT2D eigenvalue weighted by atomic mass is 35.5. The van der Waals surface area contributed by atoms with Gasteiger partial charge in [0, 0.05) is 54.8 Å². The first-order valence-electron chi connectivity index (χ1n) is 11.2. The van der Waals surface area contributed by atoms with Crippen molar-refractivity contribution in [3.05, 3.63) is 63.6 Å². The third kappa shape index (κ3) is 8.10. The van der Waals surface area contributed by atoms with E-state index >= 15 is 0 Å². The fourth-order valence-corrected chi connectivity index (χ4v) is 5.54. The lowest BCUT2D eigenvalue weighted by Gasteiger charge is -2.41. The largest absolute Gasteiger partial charge is 0.483 e. The van der Waals surface area contributed by atoms with Gasteiger partial charge in [0.1, 0.15) is 5.75 Å². The first-order valence-corrected chi connectivity index (χ1v) is 13.7. The summed E-state index contributed by atoms with van der Waals surface area (Å²) in [5.74, 6) is -1.14. The third-order valence-electron chi connectivity index (χ3n) is 5.70. The Labute approximate surface area is 216 Å². The van der Waals surface area contributed by atoms with Crippen molar-refractivity contribution in [3.63, 3.8) is 0 Å². The molecule has 0 bridgehead atoms. The predicted octanol–water partition coefficient (Wildman–Crippen LogP) is 3.46. The number of benzene rings is 2. The van der Waals surface area contributed by atoms with Gasteiger partial charge in [0.25, 0.3) is 5.91 Å². The zero-order valence-corrected chi connectivity index (χ0v) is 22.0. The first kappa shape index (κ1) is 27.3. The number of carbonyl (C=O) groups is 2. The molecule has 8 nitrogen and oxygen atoms in total. The second kappa shape index (κ2) is 12.1. The molecule has 35 heavy (non-hydrogen) atoms. The molecular formula is C24H29Cl2N3O5S. The van der Waals surface area contributed by atoms with E-state index in [1.165, 1.54) is 12.1 Å². The number of nitrogens with zero attached hydrogens (tertiary/aromatic N) is 2.